The Hall–Kier alpha value is -0.0900. The highest BCUT2D eigenvalue weighted by Gasteiger charge is 2.36. The number of epoxide rings is 1. The first-order valence-corrected chi connectivity index (χ1v) is 5.92. The number of rotatable bonds is 4. The lowest BCUT2D eigenvalue weighted by Gasteiger charge is -1.92. The Kier molecular flexibility index (Phi) is 2.54. The lowest BCUT2D eigenvalue weighted by Crippen LogP contribution is -2.06. The molecule has 0 aliphatic carbocycles. The second-order valence-corrected chi connectivity index (χ2v) is 5.30. The lowest BCUT2D eigenvalue weighted by atomic mass is 10.2. The van der Waals surface area contributed by atoms with E-state index in [1.54, 1.807) is 0 Å². The molecular formula is C7H14O3S. The van der Waals surface area contributed by atoms with E-state index in [0.717, 1.165) is 6.42 Å². The summed E-state index contributed by atoms with van der Waals surface area (Å²) >= 11 is 0. The molecule has 1 fully saturated rings. The highest BCUT2D eigenvalue weighted by atomic mass is 32.2. The van der Waals surface area contributed by atoms with Crippen LogP contribution in [0.15, 0.2) is 0 Å². The van der Waals surface area contributed by atoms with Crippen LogP contribution in [0.1, 0.15) is 19.8 Å². The van der Waals surface area contributed by atoms with E-state index in [2.05, 4.69) is 0 Å². The van der Waals surface area contributed by atoms with Crippen molar-refractivity contribution in [1.82, 2.24) is 0 Å². The Balaban J connectivity index is 2.16. The monoisotopic (exact) mass is 178 g/mol. The van der Waals surface area contributed by atoms with E-state index in [1.807, 2.05) is 6.92 Å². The first-order chi connectivity index (χ1) is 5.03. The molecule has 0 saturated carbocycles. The molecule has 11 heavy (non-hydrogen) atoms. The summed E-state index contributed by atoms with van der Waals surface area (Å²) in [7, 11) is -2.79. The summed E-state index contributed by atoms with van der Waals surface area (Å²) in [5.41, 5.74) is 0. The van der Waals surface area contributed by atoms with Gasteiger partial charge < -0.3 is 4.74 Å². The number of hydrogen-bond donors (Lipinski definition) is 0. The summed E-state index contributed by atoms with van der Waals surface area (Å²) in [4.78, 5) is 0. The average molecular weight is 178 g/mol. The summed E-state index contributed by atoms with van der Waals surface area (Å²) in [6.45, 7) is 2.05. The zero-order valence-corrected chi connectivity index (χ0v) is 7.73. The molecule has 1 heterocycles. The third-order valence-electron chi connectivity index (χ3n) is 1.86. The zero-order valence-electron chi connectivity index (χ0n) is 6.91. The van der Waals surface area contributed by atoms with Crippen molar-refractivity contribution in [2.75, 3.05) is 12.0 Å². The SMILES string of the molecule is CC[C@H]1O[C@H]1CCS(C)(=O)=O. The van der Waals surface area contributed by atoms with E-state index in [1.165, 1.54) is 6.26 Å². The molecule has 0 N–H and O–H groups in total. The molecule has 1 saturated heterocycles. The fourth-order valence-electron chi connectivity index (χ4n) is 1.12. The van der Waals surface area contributed by atoms with Gasteiger partial charge in [0.1, 0.15) is 9.84 Å². The summed E-state index contributed by atoms with van der Waals surface area (Å²) in [6.07, 6.45) is 3.47. The first-order valence-electron chi connectivity index (χ1n) is 3.86. The standard InChI is InChI=1S/C7H14O3S/c1-3-6-7(10-6)4-5-11(2,8)9/h6-7H,3-5H2,1-2H3/t6-,7+/m1/s1. The van der Waals surface area contributed by atoms with Gasteiger partial charge in [0.2, 0.25) is 0 Å². The van der Waals surface area contributed by atoms with E-state index in [-0.39, 0.29) is 11.9 Å². The maximum absolute atomic E-state index is 10.7. The van der Waals surface area contributed by atoms with Gasteiger partial charge in [0.25, 0.3) is 0 Å². The third-order valence-corrected chi connectivity index (χ3v) is 2.84. The van der Waals surface area contributed by atoms with Crippen LogP contribution in [0.3, 0.4) is 0 Å². The van der Waals surface area contributed by atoms with Gasteiger partial charge in [0.15, 0.2) is 0 Å². The van der Waals surface area contributed by atoms with E-state index in [9.17, 15) is 8.42 Å². The molecule has 0 unspecified atom stereocenters. The minimum atomic E-state index is -2.79. The van der Waals surface area contributed by atoms with Gasteiger partial charge in [-0.25, -0.2) is 8.42 Å². The van der Waals surface area contributed by atoms with Crippen LogP contribution in [0.25, 0.3) is 0 Å². The quantitative estimate of drug-likeness (QED) is 0.592. The van der Waals surface area contributed by atoms with Crippen molar-refractivity contribution in [2.45, 2.75) is 32.0 Å². The second kappa shape index (κ2) is 3.11. The highest BCUT2D eigenvalue weighted by molar-refractivity contribution is 7.90. The minimum Gasteiger partial charge on any atom is -0.370 e. The molecule has 2 atom stereocenters. The normalized spacial score (nSPS) is 30.4. The van der Waals surface area contributed by atoms with Gasteiger partial charge in [-0.2, -0.15) is 0 Å². The Morgan fingerprint density at radius 2 is 2.00 bits per heavy atom. The van der Waals surface area contributed by atoms with E-state index >= 15 is 0 Å². The van der Waals surface area contributed by atoms with Crippen molar-refractivity contribution in [3.05, 3.63) is 0 Å². The van der Waals surface area contributed by atoms with Crippen molar-refractivity contribution in [2.24, 2.45) is 0 Å². The molecule has 4 heteroatoms. The predicted octanol–water partition coefficient (Wildman–Crippen LogP) is 0.599. The molecule has 1 aliphatic heterocycles. The molecule has 0 aromatic rings. The van der Waals surface area contributed by atoms with Crippen LogP contribution in [0, 0.1) is 0 Å². The number of hydrogen-bond acceptors (Lipinski definition) is 3. The van der Waals surface area contributed by atoms with E-state index < -0.39 is 9.84 Å². The smallest absolute Gasteiger partial charge is 0.147 e. The number of ether oxygens (including phenoxy) is 1. The largest absolute Gasteiger partial charge is 0.370 e. The first kappa shape index (κ1) is 9.00. The Morgan fingerprint density at radius 3 is 2.36 bits per heavy atom. The van der Waals surface area contributed by atoms with Gasteiger partial charge >= 0.3 is 0 Å². The molecule has 3 nitrogen and oxygen atoms in total. The van der Waals surface area contributed by atoms with Gasteiger partial charge in [-0.1, -0.05) is 6.92 Å². The van der Waals surface area contributed by atoms with E-state index in [4.69, 9.17) is 4.74 Å². The van der Waals surface area contributed by atoms with Crippen LogP contribution in [-0.2, 0) is 14.6 Å². The van der Waals surface area contributed by atoms with Crippen LogP contribution >= 0.6 is 0 Å². The highest BCUT2D eigenvalue weighted by Crippen LogP contribution is 2.27. The van der Waals surface area contributed by atoms with Crippen LogP contribution in [0.5, 0.6) is 0 Å². The van der Waals surface area contributed by atoms with E-state index in [0.29, 0.717) is 12.5 Å². The molecule has 0 spiro atoms. The number of sulfone groups is 1. The molecule has 0 amide bonds. The Labute approximate surface area is 67.7 Å². The van der Waals surface area contributed by atoms with Crippen molar-refractivity contribution >= 4 is 9.84 Å². The molecule has 1 aliphatic rings. The average Bonchev–Trinajstić information content (AvgIpc) is 2.60. The predicted molar refractivity (Wildman–Crippen MR) is 43.3 cm³/mol. The van der Waals surface area contributed by atoms with Gasteiger partial charge in [0.05, 0.1) is 18.0 Å². The molecular weight excluding hydrogens is 164 g/mol. The zero-order chi connectivity index (χ0) is 8.48. The maximum atomic E-state index is 10.7. The summed E-state index contributed by atoms with van der Waals surface area (Å²) in [5.74, 6) is 0.258. The molecule has 0 aromatic heterocycles. The Bertz CT molecular complexity index is 220. The molecule has 1 rings (SSSR count). The molecule has 66 valence electrons. The molecule has 0 radical (unpaired) electrons. The van der Waals surface area contributed by atoms with Crippen molar-refractivity contribution in [3.8, 4) is 0 Å². The fraction of sp³-hybridized carbons (Fsp3) is 1.00. The Morgan fingerprint density at radius 1 is 1.36 bits per heavy atom. The van der Waals surface area contributed by atoms with Gasteiger partial charge in [0, 0.05) is 6.26 Å². The maximum Gasteiger partial charge on any atom is 0.147 e. The fourth-order valence-corrected chi connectivity index (χ4v) is 1.78. The lowest BCUT2D eigenvalue weighted by molar-refractivity contribution is 0.363. The third kappa shape index (κ3) is 3.20. The molecule has 0 aromatic carbocycles. The van der Waals surface area contributed by atoms with Crippen LogP contribution in [0.4, 0.5) is 0 Å². The van der Waals surface area contributed by atoms with Gasteiger partial charge in [-0.3, -0.25) is 0 Å². The van der Waals surface area contributed by atoms with Crippen LogP contribution < -0.4 is 0 Å². The topological polar surface area (TPSA) is 46.7 Å². The summed E-state index contributed by atoms with van der Waals surface area (Å²) in [6, 6.07) is 0. The van der Waals surface area contributed by atoms with Crippen molar-refractivity contribution in [1.29, 1.82) is 0 Å². The summed E-state index contributed by atoms with van der Waals surface area (Å²) in [5, 5.41) is 0. The minimum absolute atomic E-state index is 0.217. The summed E-state index contributed by atoms with van der Waals surface area (Å²) < 4.78 is 26.6. The van der Waals surface area contributed by atoms with Crippen molar-refractivity contribution in [3.63, 3.8) is 0 Å². The molecule has 0 bridgehead atoms. The second-order valence-electron chi connectivity index (χ2n) is 3.04. The van der Waals surface area contributed by atoms with Crippen LogP contribution in [0.2, 0.25) is 0 Å². The van der Waals surface area contributed by atoms with Crippen molar-refractivity contribution < 1.29 is 13.2 Å². The van der Waals surface area contributed by atoms with Gasteiger partial charge in [-0.15, -0.1) is 0 Å². The van der Waals surface area contributed by atoms with Gasteiger partial charge in [-0.05, 0) is 12.8 Å². The van der Waals surface area contributed by atoms with Crippen LogP contribution in [-0.4, -0.2) is 32.6 Å².